The molecule has 1 aromatic rings. The maximum absolute atomic E-state index is 4.37. The van der Waals surface area contributed by atoms with Crippen molar-refractivity contribution in [2.24, 2.45) is 10.9 Å². The summed E-state index contributed by atoms with van der Waals surface area (Å²) in [5, 5.41) is 7.00. The zero-order chi connectivity index (χ0) is 17.2. The van der Waals surface area contributed by atoms with E-state index in [1.807, 2.05) is 7.05 Å². The Morgan fingerprint density at radius 2 is 1.88 bits per heavy atom. The van der Waals surface area contributed by atoms with Gasteiger partial charge in [0.05, 0.1) is 0 Å². The number of rotatable bonds is 8. The van der Waals surface area contributed by atoms with Gasteiger partial charge in [0, 0.05) is 26.2 Å². The average molecular weight is 331 g/mol. The molecule has 134 valence electrons. The van der Waals surface area contributed by atoms with Crippen LogP contribution in [0.15, 0.2) is 35.3 Å². The van der Waals surface area contributed by atoms with E-state index in [9.17, 15) is 0 Å². The predicted molar refractivity (Wildman–Crippen MR) is 104 cm³/mol. The third kappa shape index (κ3) is 6.91. The SMILES string of the molecule is CN=C(NCC(C)CN1CCCC1)NC(C)CCc1ccccc1. The number of likely N-dealkylation sites (tertiary alicyclic amines) is 1. The van der Waals surface area contributed by atoms with Gasteiger partial charge in [-0.25, -0.2) is 0 Å². The molecule has 4 heteroatoms. The quantitative estimate of drug-likeness (QED) is 0.569. The molecule has 0 aromatic heterocycles. The maximum atomic E-state index is 4.37. The number of aliphatic imine (C=N–C) groups is 1. The molecular weight excluding hydrogens is 296 g/mol. The summed E-state index contributed by atoms with van der Waals surface area (Å²) >= 11 is 0. The molecule has 4 nitrogen and oxygen atoms in total. The van der Waals surface area contributed by atoms with Crippen LogP contribution in [-0.2, 0) is 6.42 Å². The molecule has 1 fully saturated rings. The highest BCUT2D eigenvalue weighted by molar-refractivity contribution is 5.79. The summed E-state index contributed by atoms with van der Waals surface area (Å²) in [4.78, 5) is 6.94. The molecule has 1 aliphatic heterocycles. The van der Waals surface area contributed by atoms with E-state index < -0.39 is 0 Å². The van der Waals surface area contributed by atoms with E-state index in [1.165, 1.54) is 38.0 Å². The van der Waals surface area contributed by atoms with E-state index in [2.05, 4.69) is 64.7 Å². The molecule has 0 saturated carbocycles. The van der Waals surface area contributed by atoms with Crippen LogP contribution >= 0.6 is 0 Å². The van der Waals surface area contributed by atoms with E-state index in [0.29, 0.717) is 12.0 Å². The van der Waals surface area contributed by atoms with Gasteiger partial charge in [-0.1, -0.05) is 37.3 Å². The van der Waals surface area contributed by atoms with Gasteiger partial charge >= 0.3 is 0 Å². The lowest BCUT2D eigenvalue weighted by atomic mass is 10.1. The van der Waals surface area contributed by atoms with Crippen molar-refractivity contribution < 1.29 is 0 Å². The molecule has 0 bridgehead atoms. The van der Waals surface area contributed by atoms with E-state index in [0.717, 1.165) is 25.3 Å². The third-order valence-corrected chi connectivity index (χ3v) is 4.70. The lowest BCUT2D eigenvalue weighted by Crippen LogP contribution is -2.44. The summed E-state index contributed by atoms with van der Waals surface area (Å²) in [5.41, 5.74) is 1.40. The summed E-state index contributed by atoms with van der Waals surface area (Å²) < 4.78 is 0. The molecule has 1 saturated heterocycles. The molecule has 2 rings (SSSR count). The molecule has 0 amide bonds. The van der Waals surface area contributed by atoms with Crippen LogP contribution in [0.3, 0.4) is 0 Å². The lowest BCUT2D eigenvalue weighted by Gasteiger charge is -2.23. The highest BCUT2D eigenvalue weighted by atomic mass is 15.2. The van der Waals surface area contributed by atoms with E-state index >= 15 is 0 Å². The first kappa shape index (κ1) is 18.8. The van der Waals surface area contributed by atoms with Crippen molar-refractivity contribution in [2.45, 2.75) is 45.6 Å². The number of hydrogen-bond acceptors (Lipinski definition) is 2. The van der Waals surface area contributed by atoms with Crippen molar-refractivity contribution in [3.63, 3.8) is 0 Å². The predicted octanol–water partition coefficient (Wildman–Crippen LogP) is 2.90. The fraction of sp³-hybridized carbons (Fsp3) is 0.650. The van der Waals surface area contributed by atoms with Gasteiger partial charge in [0.1, 0.15) is 0 Å². The summed E-state index contributed by atoms with van der Waals surface area (Å²) in [5.74, 6) is 1.56. The third-order valence-electron chi connectivity index (χ3n) is 4.70. The summed E-state index contributed by atoms with van der Waals surface area (Å²) in [6.45, 7) is 9.25. The molecule has 0 radical (unpaired) electrons. The second-order valence-electron chi connectivity index (χ2n) is 7.14. The largest absolute Gasteiger partial charge is 0.356 e. The molecule has 0 spiro atoms. The van der Waals surface area contributed by atoms with Crippen LogP contribution in [0.25, 0.3) is 0 Å². The van der Waals surface area contributed by atoms with Crippen molar-refractivity contribution in [1.29, 1.82) is 0 Å². The number of aryl methyl sites for hydroxylation is 1. The van der Waals surface area contributed by atoms with Crippen LogP contribution in [0.2, 0.25) is 0 Å². The van der Waals surface area contributed by atoms with Gasteiger partial charge in [0.25, 0.3) is 0 Å². The molecular formula is C20H34N4. The van der Waals surface area contributed by atoms with Crippen LogP contribution in [0.5, 0.6) is 0 Å². The average Bonchev–Trinajstić information content (AvgIpc) is 3.10. The van der Waals surface area contributed by atoms with Gasteiger partial charge in [-0.15, -0.1) is 0 Å². The smallest absolute Gasteiger partial charge is 0.191 e. The number of benzene rings is 1. The Balaban J connectivity index is 1.65. The fourth-order valence-electron chi connectivity index (χ4n) is 3.27. The molecule has 1 heterocycles. The van der Waals surface area contributed by atoms with E-state index in [-0.39, 0.29) is 0 Å². The summed E-state index contributed by atoms with van der Waals surface area (Å²) in [6, 6.07) is 11.1. The first-order valence-corrected chi connectivity index (χ1v) is 9.41. The molecule has 2 atom stereocenters. The minimum Gasteiger partial charge on any atom is -0.356 e. The van der Waals surface area contributed by atoms with Crippen molar-refractivity contribution in [3.8, 4) is 0 Å². The number of guanidine groups is 1. The Morgan fingerprint density at radius 1 is 1.17 bits per heavy atom. The van der Waals surface area contributed by atoms with Crippen LogP contribution in [0.1, 0.15) is 38.7 Å². The van der Waals surface area contributed by atoms with Crippen LogP contribution in [-0.4, -0.2) is 50.1 Å². The van der Waals surface area contributed by atoms with E-state index in [4.69, 9.17) is 0 Å². The normalized spacial score (nSPS) is 18.4. The zero-order valence-corrected chi connectivity index (χ0v) is 15.6. The molecule has 1 aliphatic rings. The number of nitrogens with one attached hydrogen (secondary N) is 2. The van der Waals surface area contributed by atoms with Crippen molar-refractivity contribution in [1.82, 2.24) is 15.5 Å². The van der Waals surface area contributed by atoms with Crippen LogP contribution in [0, 0.1) is 5.92 Å². The Hall–Kier alpha value is -1.55. The van der Waals surface area contributed by atoms with Crippen molar-refractivity contribution in [2.75, 3.05) is 33.2 Å². The van der Waals surface area contributed by atoms with Gasteiger partial charge in [-0.05, 0) is 57.2 Å². The number of hydrogen-bond donors (Lipinski definition) is 2. The number of nitrogens with zero attached hydrogens (tertiary/aromatic N) is 2. The molecule has 0 aliphatic carbocycles. The van der Waals surface area contributed by atoms with Gasteiger partial charge in [-0.3, -0.25) is 4.99 Å². The highest BCUT2D eigenvalue weighted by Gasteiger charge is 2.15. The Bertz CT molecular complexity index is 480. The van der Waals surface area contributed by atoms with Gasteiger partial charge in [-0.2, -0.15) is 0 Å². The zero-order valence-electron chi connectivity index (χ0n) is 15.6. The minimum absolute atomic E-state index is 0.408. The van der Waals surface area contributed by atoms with E-state index in [1.54, 1.807) is 0 Å². The lowest BCUT2D eigenvalue weighted by molar-refractivity contribution is 0.287. The second kappa shape index (κ2) is 10.3. The minimum atomic E-state index is 0.408. The molecule has 2 N–H and O–H groups in total. The highest BCUT2D eigenvalue weighted by Crippen LogP contribution is 2.09. The molecule has 1 aromatic carbocycles. The van der Waals surface area contributed by atoms with Gasteiger partial charge in [0.2, 0.25) is 0 Å². The summed E-state index contributed by atoms with van der Waals surface area (Å²) in [6.07, 6.45) is 4.93. The summed E-state index contributed by atoms with van der Waals surface area (Å²) in [7, 11) is 1.85. The van der Waals surface area contributed by atoms with Crippen molar-refractivity contribution in [3.05, 3.63) is 35.9 Å². The molecule has 2 unspecified atom stereocenters. The van der Waals surface area contributed by atoms with Gasteiger partial charge < -0.3 is 15.5 Å². The Morgan fingerprint density at radius 3 is 2.54 bits per heavy atom. The Kier molecular flexibility index (Phi) is 8.10. The second-order valence-corrected chi connectivity index (χ2v) is 7.14. The van der Waals surface area contributed by atoms with Crippen LogP contribution in [0.4, 0.5) is 0 Å². The first-order chi connectivity index (χ1) is 11.7. The fourth-order valence-corrected chi connectivity index (χ4v) is 3.27. The maximum Gasteiger partial charge on any atom is 0.191 e. The Labute approximate surface area is 147 Å². The molecule has 24 heavy (non-hydrogen) atoms. The standard InChI is InChI=1S/C20H34N4/c1-17(16-24-13-7-8-14-24)15-22-20(21-3)23-18(2)11-12-19-9-5-4-6-10-19/h4-6,9-10,17-18H,7-8,11-16H2,1-3H3,(H2,21,22,23). The monoisotopic (exact) mass is 330 g/mol. The van der Waals surface area contributed by atoms with Crippen molar-refractivity contribution >= 4 is 5.96 Å². The van der Waals surface area contributed by atoms with Gasteiger partial charge in [0.15, 0.2) is 5.96 Å². The van der Waals surface area contributed by atoms with Crippen LogP contribution < -0.4 is 10.6 Å². The first-order valence-electron chi connectivity index (χ1n) is 9.41. The topological polar surface area (TPSA) is 39.7 Å².